The Morgan fingerprint density at radius 3 is 2.57 bits per heavy atom. The average molecular weight is 643 g/mol. The van der Waals surface area contributed by atoms with Gasteiger partial charge in [-0.05, 0) is 25.8 Å². The molecule has 1 aromatic carbocycles. The Labute approximate surface area is 191 Å². The molecule has 0 bridgehead atoms. The van der Waals surface area contributed by atoms with E-state index in [4.69, 9.17) is 23.6 Å². The van der Waals surface area contributed by atoms with Gasteiger partial charge in [-0.3, -0.25) is 0 Å². The van der Waals surface area contributed by atoms with Gasteiger partial charge in [-0.1, -0.05) is 0 Å². The van der Waals surface area contributed by atoms with Crippen molar-refractivity contribution in [2.45, 2.75) is 38.0 Å². The number of fused-ring (bicyclic) bond motifs is 1. The molecule has 2 atom stereocenters. The summed E-state index contributed by atoms with van der Waals surface area (Å²) in [7, 11) is 11.2. The second-order valence-electron chi connectivity index (χ2n) is 7.46. The van der Waals surface area contributed by atoms with Crippen molar-refractivity contribution in [1.29, 1.82) is 0 Å². The fraction of sp³-hybridized carbons (Fsp3) is 0.526. The molecule has 11 heteroatoms. The summed E-state index contributed by atoms with van der Waals surface area (Å²) in [6.07, 6.45) is 1.91. The Bertz CT molecular complexity index is 840. The van der Waals surface area contributed by atoms with Crippen molar-refractivity contribution in [1.82, 2.24) is 5.32 Å². The van der Waals surface area contributed by atoms with Gasteiger partial charge >= 0.3 is 41.3 Å². The van der Waals surface area contributed by atoms with Crippen molar-refractivity contribution in [3.63, 3.8) is 0 Å². The van der Waals surface area contributed by atoms with Gasteiger partial charge in [-0.2, -0.15) is 0 Å². The number of anilines is 2. The number of carboxylic acids is 1. The van der Waals surface area contributed by atoms with Crippen molar-refractivity contribution >= 4 is 36.2 Å². The van der Waals surface area contributed by atoms with Gasteiger partial charge in [0.2, 0.25) is 0 Å². The summed E-state index contributed by atoms with van der Waals surface area (Å²) in [5, 5.41) is 23.4. The summed E-state index contributed by atoms with van der Waals surface area (Å²) >= 11 is -0.472. The van der Waals surface area contributed by atoms with Crippen LogP contribution in [0.25, 0.3) is 0 Å². The first-order valence-electron chi connectivity index (χ1n) is 9.46. The first-order valence-corrected chi connectivity index (χ1v) is 15.1. The molecule has 2 fully saturated rings. The number of rotatable bonds is 4. The minimum absolute atomic E-state index is 0.139. The fourth-order valence-electron chi connectivity index (χ4n) is 3.99. The van der Waals surface area contributed by atoms with E-state index >= 15 is 4.39 Å². The van der Waals surface area contributed by atoms with E-state index in [2.05, 4.69) is 5.32 Å². The SMILES string of the molecule is COc1c(N2CCNC(C)C2)c(F)cc2c1N(C1CC1)C=C(C(=O)O)C2O.[Cl][Pt][Cl]. The number of aliphatic carboxylic acids is 1. The Kier molecular flexibility index (Phi) is 7.91. The molecule has 1 saturated carbocycles. The number of aliphatic hydroxyl groups excluding tert-OH is 1. The van der Waals surface area contributed by atoms with E-state index in [1.807, 2.05) is 16.7 Å². The molecule has 2 aliphatic heterocycles. The van der Waals surface area contributed by atoms with Gasteiger partial charge < -0.3 is 30.1 Å². The zero-order chi connectivity index (χ0) is 22.0. The van der Waals surface area contributed by atoms with E-state index in [9.17, 15) is 15.0 Å². The molecular formula is C19H24Cl2FN3O4Pt. The summed E-state index contributed by atoms with van der Waals surface area (Å²) in [5.74, 6) is -1.37. The zero-order valence-corrected chi connectivity index (χ0v) is 20.3. The molecule has 1 saturated heterocycles. The van der Waals surface area contributed by atoms with Crippen molar-refractivity contribution in [3.05, 3.63) is 29.2 Å². The van der Waals surface area contributed by atoms with Crippen LogP contribution in [0, 0.1) is 5.82 Å². The number of aliphatic hydroxyl groups is 1. The van der Waals surface area contributed by atoms with Crippen LogP contribution in [-0.4, -0.2) is 55.0 Å². The summed E-state index contributed by atoms with van der Waals surface area (Å²) in [4.78, 5) is 15.3. The van der Waals surface area contributed by atoms with Crippen molar-refractivity contribution in [2.24, 2.45) is 0 Å². The summed E-state index contributed by atoms with van der Waals surface area (Å²) in [5.41, 5.74) is 1.03. The van der Waals surface area contributed by atoms with Crippen molar-refractivity contribution in [2.75, 3.05) is 36.5 Å². The molecule has 2 unspecified atom stereocenters. The summed E-state index contributed by atoms with van der Waals surface area (Å²) in [6, 6.07) is 1.61. The first kappa shape index (κ1) is 23.6. The molecule has 3 aliphatic rings. The molecule has 0 aromatic heterocycles. The van der Waals surface area contributed by atoms with Crippen LogP contribution in [0.15, 0.2) is 17.8 Å². The minimum atomic E-state index is -1.40. The Morgan fingerprint density at radius 2 is 2.03 bits per heavy atom. The van der Waals surface area contributed by atoms with Gasteiger partial charge in [0.05, 0.1) is 18.4 Å². The van der Waals surface area contributed by atoms with Crippen LogP contribution in [-0.2, 0) is 21.3 Å². The molecule has 4 rings (SSSR count). The topological polar surface area (TPSA) is 85.3 Å². The van der Waals surface area contributed by atoms with Gasteiger partial charge in [-0.25, -0.2) is 9.18 Å². The molecular weight excluding hydrogens is 619 g/mol. The molecule has 2 heterocycles. The number of carbonyl (C=O) groups is 1. The number of hydrogen-bond donors (Lipinski definition) is 3. The molecule has 0 amide bonds. The van der Waals surface area contributed by atoms with Crippen LogP contribution in [0.2, 0.25) is 0 Å². The van der Waals surface area contributed by atoms with Crippen LogP contribution in [0.5, 0.6) is 5.75 Å². The van der Waals surface area contributed by atoms with Gasteiger partial charge in [0.25, 0.3) is 0 Å². The monoisotopic (exact) mass is 642 g/mol. The van der Waals surface area contributed by atoms with Crippen LogP contribution in [0.4, 0.5) is 15.8 Å². The van der Waals surface area contributed by atoms with Crippen molar-refractivity contribution in [3.8, 4) is 5.75 Å². The molecule has 1 aliphatic carbocycles. The molecule has 170 valence electrons. The van der Waals surface area contributed by atoms with E-state index in [0.29, 0.717) is 30.2 Å². The number of carboxylic acid groups (broad SMARTS) is 1. The van der Waals surface area contributed by atoms with Crippen LogP contribution in [0.1, 0.15) is 31.4 Å². The number of halogens is 3. The van der Waals surface area contributed by atoms with E-state index in [0.717, 1.165) is 19.4 Å². The van der Waals surface area contributed by atoms with Gasteiger partial charge in [0.1, 0.15) is 11.8 Å². The summed E-state index contributed by atoms with van der Waals surface area (Å²) < 4.78 is 20.8. The fourth-order valence-corrected chi connectivity index (χ4v) is 3.99. The average Bonchev–Trinajstić information content (AvgIpc) is 3.53. The number of hydrogen-bond acceptors (Lipinski definition) is 6. The zero-order valence-electron chi connectivity index (χ0n) is 16.5. The molecule has 0 radical (unpaired) electrons. The van der Waals surface area contributed by atoms with Crippen molar-refractivity contribution < 1.29 is 40.6 Å². The number of ether oxygens (including phenoxy) is 1. The Hall–Kier alpha value is -1.05. The maximum atomic E-state index is 15.1. The second-order valence-corrected chi connectivity index (χ2v) is 10.7. The standard InChI is InChI=1S/C19H24FN3O4.2ClH.Pt/c1-10-8-22(6-5-21-10)16-14(20)7-12-15(18(16)27-2)23(11-3-4-11)9-13(17(12)24)19(25)26;;;/h7,9-11,17,21,24H,3-6,8H2,1-2H3,(H,25,26);2*1H;/q;;;+2/p-2. The second kappa shape index (κ2) is 10.0. The molecule has 3 N–H and O–H groups in total. The van der Waals surface area contributed by atoms with Crippen LogP contribution < -0.4 is 19.9 Å². The van der Waals surface area contributed by atoms with Gasteiger partial charge in [0, 0.05) is 43.5 Å². The number of piperazine rings is 1. The molecule has 0 spiro atoms. The first-order chi connectivity index (χ1) is 14.3. The molecule has 7 nitrogen and oxygen atoms in total. The number of methoxy groups -OCH3 is 1. The number of nitrogens with one attached hydrogen (secondary N) is 1. The van der Waals surface area contributed by atoms with E-state index in [-0.39, 0.29) is 23.2 Å². The van der Waals surface area contributed by atoms with Crippen LogP contribution >= 0.6 is 18.8 Å². The molecule has 30 heavy (non-hydrogen) atoms. The van der Waals surface area contributed by atoms with E-state index < -0.39 is 34.4 Å². The third-order valence-corrected chi connectivity index (χ3v) is 5.41. The number of nitrogens with zero attached hydrogens (tertiary/aromatic N) is 2. The van der Waals surface area contributed by atoms with Gasteiger partial charge in [-0.15, -0.1) is 0 Å². The Balaban J connectivity index is 0.000000806. The third-order valence-electron chi connectivity index (χ3n) is 5.41. The van der Waals surface area contributed by atoms with Gasteiger partial charge in [0.15, 0.2) is 11.6 Å². The quantitative estimate of drug-likeness (QED) is 0.466. The summed E-state index contributed by atoms with van der Waals surface area (Å²) in [6.45, 7) is 4.04. The third kappa shape index (κ3) is 4.73. The predicted octanol–water partition coefficient (Wildman–Crippen LogP) is 2.99. The normalized spacial score (nSPS) is 23.3. The maximum absolute atomic E-state index is 15.1. The Morgan fingerprint density at radius 1 is 1.37 bits per heavy atom. The molecule has 1 aromatic rings. The van der Waals surface area contributed by atoms with Crippen LogP contribution in [0.3, 0.4) is 0 Å². The van der Waals surface area contributed by atoms with E-state index in [1.165, 1.54) is 19.4 Å². The van der Waals surface area contributed by atoms with E-state index in [1.54, 1.807) is 0 Å². The predicted molar refractivity (Wildman–Crippen MR) is 111 cm³/mol. The number of benzene rings is 1.